The Bertz CT molecular complexity index is 216. The van der Waals surface area contributed by atoms with Gasteiger partial charge in [-0.2, -0.15) is 6.42 Å². The second-order valence-electron chi connectivity index (χ2n) is 2.28. The van der Waals surface area contributed by atoms with Crippen LogP contribution in [0.15, 0.2) is 24.3 Å². The molecule has 0 aliphatic carbocycles. The van der Waals surface area contributed by atoms with Crippen molar-refractivity contribution < 1.29 is 28.5 Å². The molecular formula is C13H22O2V. The Morgan fingerprint density at radius 2 is 1.62 bits per heavy atom. The average Bonchev–Trinajstić information content (AvgIpc) is 2.26. The minimum atomic E-state index is 0. The number of benzene rings is 1. The summed E-state index contributed by atoms with van der Waals surface area (Å²) in [5.74, 6) is 0.368. The average molecular weight is 261 g/mol. The van der Waals surface area contributed by atoms with Crippen molar-refractivity contribution in [3.63, 3.8) is 0 Å². The van der Waals surface area contributed by atoms with Crippen LogP contribution in [0, 0.1) is 14.4 Å². The molecule has 0 atom stereocenters. The Morgan fingerprint density at radius 3 is 1.81 bits per heavy atom. The molecule has 1 aromatic carbocycles. The molecule has 0 aromatic heterocycles. The quantitative estimate of drug-likeness (QED) is 0.783. The molecule has 3 heteroatoms. The Labute approximate surface area is 112 Å². The van der Waals surface area contributed by atoms with E-state index >= 15 is 0 Å². The number of aryl methyl sites for hydroxylation is 1. The van der Waals surface area contributed by atoms with Gasteiger partial charge < -0.3 is 17.3 Å². The summed E-state index contributed by atoms with van der Waals surface area (Å²) in [6.07, 6.45) is 2.19. The van der Waals surface area contributed by atoms with E-state index < -0.39 is 0 Å². The molecule has 0 amide bonds. The summed E-state index contributed by atoms with van der Waals surface area (Å²) in [6.45, 7) is 7.63. The van der Waals surface area contributed by atoms with Crippen LogP contribution >= 0.6 is 0 Å². The molecule has 1 N–H and O–H groups in total. The summed E-state index contributed by atoms with van der Waals surface area (Å²) in [6, 6.07) is 7.25. The van der Waals surface area contributed by atoms with Gasteiger partial charge in [-0.25, -0.2) is 0 Å². The van der Waals surface area contributed by atoms with Crippen LogP contribution in [-0.2, 0) is 23.4 Å². The van der Waals surface area contributed by atoms with E-state index in [0.29, 0.717) is 12.2 Å². The van der Waals surface area contributed by atoms with Crippen molar-refractivity contribution in [1.82, 2.24) is 0 Å². The Hall–Kier alpha value is -0.726. The fraction of sp³-hybridized carbons (Fsp3) is 0.385. The zero-order valence-corrected chi connectivity index (χ0v) is 12.2. The van der Waals surface area contributed by atoms with E-state index in [9.17, 15) is 0 Å². The zero-order valence-electron chi connectivity index (χ0n) is 10.8. The number of hydrogen-bond acceptors (Lipinski definition) is 2. The van der Waals surface area contributed by atoms with E-state index in [1.165, 1.54) is 0 Å². The van der Waals surface area contributed by atoms with Gasteiger partial charge in [0.15, 0.2) is 0 Å². The number of aromatic hydroxyl groups is 1. The van der Waals surface area contributed by atoms with Crippen molar-refractivity contribution in [2.45, 2.75) is 34.1 Å². The van der Waals surface area contributed by atoms with Crippen molar-refractivity contribution in [2.24, 2.45) is 0 Å². The van der Waals surface area contributed by atoms with Crippen molar-refractivity contribution in [3.8, 4) is 5.75 Å². The predicted octanol–water partition coefficient (Wildman–Crippen LogP) is 3.68. The summed E-state index contributed by atoms with van der Waals surface area (Å²) < 4.78 is 0. The summed E-state index contributed by atoms with van der Waals surface area (Å²) in [7, 11) is 0. The van der Waals surface area contributed by atoms with E-state index in [2.05, 4.69) is 0 Å². The number of rotatable bonds is 1. The minimum absolute atomic E-state index is 0. The van der Waals surface area contributed by atoms with E-state index in [1.54, 1.807) is 19.3 Å². The van der Waals surface area contributed by atoms with Gasteiger partial charge in [-0.3, -0.25) is 6.29 Å². The summed E-state index contributed by atoms with van der Waals surface area (Å²) in [4.78, 5) is 9.05. The molecule has 1 aromatic rings. The minimum Gasteiger partial charge on any atom is -0.542 e. The zero-order chi connectivity index (χ0) is 11.4. The largest absolute Gasteiger partial charge is 2.00 e. The van der Waals surface area contributed by atoms with Crippen LogP contribution in [-0.4, -0.2) is 11.4 Å². The molecule has 0 unspecified atom stereocenters. The van der Waals surface area contributed by atoms with Gasteiger partial charge in [0.1, 0.15) is 5.75 Å². The van der Waals surface area contributed by atoms with Gasteiger partial charge >= 0.3 is 18.6 Å². The van der Waals surface area contributed by atoms with Crippen LogP contribution in [0.5, 0.6) is 5.75 Å². The molecule has 0 aliphatic rings. The topological polar surface area (TPSA) is 37.3 Å². The summed E-state index contributed by atoms with van der Waals surface area (Å²) in [5.41, 5.74) is 0.924. The fourth-order valence-corrected chi connectivity index (χ4v) is 0.563. The van der Waals surface area contributed by atoms with E-state index in [4.69, 9.17) is 9.90 Å². The molecule has 2 nitrogen and oxygen atoms in total. The number of hydrogen-bond donors (Lipinski definition) is 1. The molecule has 0 fully saturated rings. The van der Waals surface area contributed by atoms with Crippen LogP contribution in [0.2, 0.25) is 0 Å². The van der Waals surface area contributed by atoms with Crippen LogP contribution in [0.1, 0.15) is 32.8 Å². The molecule has 0 spiro atoms. The Kier molecular flexibility index (Phi) is 30.3. The van der Waals surface area contributed by atoms with Gasteiger partial charge in [0.05, 0.1) is 0 Å². The molecule has 0 saturated heterocycles. The van der Waals surface area contributed by atoms with E-state index in [-0.39, 0.29) is 26.0 Å². The first-order chi connectivity index (χ1) is 6.72. The number of phenolic OH excluding ortho intramolecular Hbond substituents is 1. The number of phenols is 1. The number of para-hydroxylation sites is 1. The maximum Gasteiger partial charge on any atom is 2.00 e. The van der Waals surface area contributed by atoms with Crippen molar-refractivity contribution >= 4 is 6.29 Å². The monoisotopic (exact) mass is 261 g/mol. The molecule has 0 aliphatic heterocycles. The van der Waals surface area contributed by atoms with Crippen molar-refractivity contribution in [1.29, 1.82) is 0 Å². The SMILES string of the molecule is CC.CC[C-]=O.Cc1ccccc1O.[CH3-].[V+2]. The second kappa shape index (κ2) is 19.8. The number of carbonyl (C=O) groups excluding carboxylic acids is 1. The molecule has 0 heterocycles. The van der Waals surface area contributed by atoms with Gasteiger partial charge in [-0.05, 0) is 18.6 Å². The van der Waals surface area contributed by atoms with Crippen LogP contribution < -0.4 is 0 Å². The van der Waals surface area contributed by atoms with Gasteiger partial charge in [0.25, 0.3) is 0 Å². The van der Waals surface area contributed by atoms with Crippen LogP contribution in [0.3, 0.4) is 0 Å². The van der Waals surface area contributed by atoms with Crippen molar-refractivity contribution in [3.05, 3.63) is 37.3 Å². The first-order valence-electron chi connectivity index (χ1n) is 4.82. The normalized spacial score (nSPS) is 6.50. The summed E-state index contributed by atoms with van der Waals surface area (Å²) in [5, 5.41) is 8.92. The Morgan fingerprint density at radius 1 is 1.25 bits per heavy atom. The van der Waals surface area contributed by atoms with Crippen LogP contribution in [0.25, 0.3) is 0 Å². The maximum atomic E-state index is 9.05. The molecule has 0 bridgehead atoms. The smallest absolute Gasteiger partial charge is 0.542 e. The van der Waals surface area contributed by atoms with Gasteiger partial charge in [0, 0.05) is 0 Å². The molecular weight excluding hydrogens is 239 g/mol. The standard InChI is InChI=1S/C7H8O.C3H5O.C2H6.CH3.V/c1-6-4-2-3-5-7(6)8;1-2-3-4;1-2;;/h2-5,8H,1H3;2H2,1H3;1-2H3;1H3;/q;-1;;-1;+2. The molecule has 91 valence electrons. The van der Waals surface area contributed by atoms with E-state index in [1.807, 2.05) is 39.0 Å². The first-order valence-corrected chi connectivity index (χ1v) is 4.82. The third-order valence-corrected chi connectivity index (χ3v) is 1.26. The molecule has 1 radical (unpaired) electrons. The van der Waals surface area contributed by atoms with Crippen LogP contribution in [0.4, 0.5) is 0 Å². The molecule has 16 heavy (non-hydrogen) atoms. The molecule has 0 saturated carbocycles. The van der Waals surface area contributed by atoms with Gasteiger partial charge in [-0.15, -0.1) is 0 Å². The third-order valence-electron chi connectivity index (χ3n) is 1.26. The summed E-state index contributed by atoms with van der Waals surface area (Å²) >= 11 is 0. The molecule has 1 rings (SSSR count). The van der Waals surface area contributed by atoms with Gasteiger partial charge in [0.2, 0.25) is 0 Å². The fourth-order valence-electron chi connectivity index (χ4n) is 0.563. The first kappa shape index (κ1) is 24.5. The third kappa shape index (κ3) is 15.7. The Balaban J connectivity index is -0.0000000793. The van der Waals surface area contributed by atoms with Crippen molar-refractivity contribution in [2.75, 3.05) is 0 Å². The maximum absolute atomic E-state index is 9.05. The van der Waals surface area contributed by atoms with E-state index in [0.717, 1.165) is 5.56 Å². The predicted molar refractivity (Wildman–Crippen MR) is 66.6 cm³/mol. The van der Waals surface area contributed by atoms with Gasteiger partial charge in [-0.1, -0.05) is 39.0 Å². The second-order valence-corrected chi connectivity index (χ2v) is 2.28.